The SMILES string of the molecule is CCCCC(Cl)CCCC[C@H](C)[C@@H](O[C@@H]1OC[C@@H](O)[C@@H](O)[C@H]1O)c1cc(O)c([C@@H](CCCC)CCCC[C@H](C)[C@@H](OC(C)=O)c2cc(O)cc(O)c2)c(O)c1. The maximum absolute atomic E-state index is 12.0. The summed E-state index contributed by atoms with van der Waals surface area (Å²) in [5.41, 5.74) is 1.49. The Kier molecular flexibility index (Phi) is 19.8. The molecule has 0 amide bonds. The molecule has 10 atom stereocenters. The number of hydrogen-bond donors (Lipinski definition) is 7. The highest BCUT2D eigenvalue weighted by Gasteiger charge is 2.40. The third-order valence-electron chi connectivity index (χ3n) is 10.9. The van der Waals surface area contributed by atoms with E-state index < -0.39 is 42.8 Å². The van der Waals surface area contributed by atoms with Crippen molar-refractivity contribution in [2.75, 3.05) is 6.61 Å². The highest BCUT2D eigenvalue weighted by Crippen LogP contribution is 2.44. The van der Waals surface area contributed by atoms with Crippen LogP contribution in [0.4, 0.5) is 0 Å². The molecule has 1 aliphatic rings. The summed E-state index contributed by atoms with van der Waals surface area (Å²) in [6.45, 7) is 9.32. The van der Waals surface area contributed by atoms with Crippen molar-refractivity contribution in [1.82, 2.24) is 0 Å². The Morgan fingerprint density at radius 2 is 1.22 bits per heavy atom. The van der Waals surface area contributed by atoms with Gasteiger partial charge in [-0.15, -0.1) is 11.6 Å². The van der Waals surface area contributed by atoms with Crippen LogP contribution in [0.2, 0.25) is 0 Å². The Labute approximate surface area is 332 Å². The molecule has 2 aromatic carbocycles. The zero-order chi connectivity index (χ0) is 40.7. The number of phenols is 4. The predicted octanol–water partition coefficient (Wildman–Crippen LogP) is 8.77. The van der Waals surface area contributed by atoms with Crippen molar-refractivity contribution >= 4 is 17.6 Å². The van der Waals surface area contributed by atoms with Gasteiger partial charge >= 0.3 is 5.97 Å². The van der Waals surface area contributed by atoms with Crippen LogP contribution in [0.15, 0.2) is 30.3 Å². The molecule has 7 N–H and O–H groups in total. The molecule has 12 heteroatoms. The summed E-state index contributed by atoms with van der Waals surface area (Å²) in [5, 5.41) is 74.4. The highest BCUT2D eigenvalue weighted by atomic mass is 35.5. The molecule has 0 bridgehead atoms. The Hall–Kier alpha value is -2.80. The maximum atomic E-state index is 12.0. The molecule has 0 saturated carbocycles. The molecule has 1 unspecified atom stereocenters. The zero-order valence-corrected chi connectivity index (χ0v) is 34.2. The molecule has 1 saturated heterocycles. The van der Waals surface area contributed by atoms with Gasteiger partial charge in [-0.3, -0.25) is 4.79 Å². The van der Waals surface area contributed by atoms with E-state index in [4.69, 9.17) is 25.8 Å². The Bertz CT molecular complexity index is 1400. The summed E-state index contributed by atoms with van der Waals surface area (Å²) in [6.07, 6.45) is 5.35. The first-order valence-electron chi connectivity index (χ1n) is 20.4. The van der Waals surface area contributed by atoms with Crippen LogP contribution in [0.1, 0.15) is 159 Å². The topological polar surface area (TPSA) is 186 Å². The van der Waals surface area contributed by atoms with Crippen molar-refractivity contribution in [2.45, 2.75) is 173 Å². The van der Waals surface area contributed by atoms with Gasteiger partial charge in [0.15, 0.2) is 6.29 Å². The average Bonchev–Trinajstić information content (AvgIpc) is 3.12. The van der Waals surface area contributed by atoms with Crippen LogP contribution in [0.3, 0.4) is 0 Å². The second-order valence-electron chi connectivity index (χ2n) is 15.7. The van der Waals surface area contributed by atoms with Gasteiger partial charge < -0.3 is 50.0 Å². The van der Waals surface area contributed by atoms with E-state index in [0.717, 1.165) is 77.0 Å². The minimum atomic E-state index is -1.49. The number of aliphatic hydroxyl groups excluding tert-OH is 3. The number of aliphatic hydroxyl groups is 3. The van der Waals surface area contributed by atoms with Crippen LogP contribution in [0.5, 0.6) is 23.0 Å². The van der Waals surface area contributed by atoms with Gasteiger partial charge in [-0.1, -0.05) is 79.1 Å². The molecule has 0 aliphatic carbocycles. The van der Waals surface area contributed by atoms with Crippen molar-refractivity contribution < 1.29 is 54.8 Å². The first kappa shape index (κ1) is 46.6. The van der Waals surface area contributed by atoms with Crippen LogP contribution in [-0.2, 0) is 19.0 Å². The predicted molar refractivity (Wildman–Crippen MR) is 212 cm³/mol. The molecule has 0 radical (unpaired) electrons. The number of carbonyl (C=O) groups is 1. The third kappa shape index (κ3) is 14.6. The number of aromatic hydroxyl groups is 4. The number of unbranched alkanes of at least 4 members (excludes halogenated alkanes) is 4. The number of halogens is 1. The molecule has 11 nitrogen and oxygen atoms in total. The van der Waals surface area contributed by atoms with Gasteiger partial charge in [-0.05, 0) is 86.1 Å². The minimum Gasteiger partial charge on any atom is -0.508 e. The van der Waals surface area contributed by atoms with Crippen molar-refractivity contribution in [3.63, 3.8) is 0 Å². The van der Waals surface area contributed by atoms with E-state index >= 15 is 0 Å². The summed E-state index contributed by atoms with van der Waals surface area (Å²) in [6, 6.07) is 7.43. The molecule has 1 heterocycles. The first-order chi connectivity index (χ1) is 26.2. The molecule has 312 valence electrons. The van der Waals surface area contributed by atoms with Crippen molar-refractivity contribution in [3.8, 4) is 23.0 Å². The number of benzene rings is 2. The van der Waals surface area contributed by atoms with E-state index in [9.17, 15) is 40.5 Å². The van der Waals surface area contributed by atoms with Crippen molar-refractivity contribution in [1.29, 1.82) is 0 Å². The smallest absolute Gasteiger partial charge is 0.303 e. The van der Waals surface area contributed by atoms with E-state index in [1.165, 1.54) is 25.1 Å². The fraction of sp³-hybridized carbons (Fsp3) is 0.698. The first-order valence-corrected chi connectivity index (χ1v) is 20.8. The Morgan fingerprint density at radius 1 is 0.727 bits per heavy atom. The summed E-state index contributed by atoms with van der Waals surface area (Å²) >= 11 is 6.53. The summed E-state index contributed by atoms with van der Waals surface area (Å²) < 4.78 is 17.5. The van der Waals surface area contributed by atoms with Gasteiger partial charge in [0.25, 0.3) is 0 Å². The standard InChI is InChI=1S/C43H67ClO11/c1-6-8-16-29(17-12-10-14-26(3)41(54-28(5)45)30-20-33(46)24-34(47)21-30)38-35(48)22-31(23-36(38)49)42(55-43-40(52)39(51)37(50)25-53-43)27(4)15-11-13-19-32(44)18-9-7-2/h20-24,26-27,29,32,37,39-43,46-52H,6-19,25H2,1-5H3/t26-,27-,29-,32?,37+,39+,40+,41+,42+,43-/m0/s1. The second kappa shape index (κ2) is 23.4. The lowest BCUT2D eigenvalue weighted by Gasteiger charge is -2.38. The molecule has 3 rings (SSSR count). The quantitative estimate of drug-likeness (QED) is 0.0306. The lowest BCUT2D eigenvalue weighted by Crippen LogP contribution is -2.54. The van der Waals surface area contributed by atoms with E-state index in [1.807, 2.05) is 13.8 Å². The minimum absolute atomic E-state index is 0.0506. The van der Waals surface area contributed by atoms with Crippen LogP contribution >= 0.6 is 11.6 Å². The summed E-state index contributed by atoms with van der Waals surface area (Å²) in [7, 11) is 0. The number of esters is 1. The van der Waals surface area contributed by atoms with Gasteiger partial charge in [0, 0.05) is 29.5 Å². The maximum Gasteiger partial charge on any atom is 0.303 e. The Morgan fingerprint density at radius 3 is 1.80 bits per heavy atom. The molecular weight excluding hydrogens is 728 g/mol. The number of hydrogen-bond acceptors (Lipinski definition) is 11. The Balaban J connectivity index is 1.78. The zero-order valence-electron chi connectivity index (χ0n) is 33.4. The van der Waals surface area contributed by atoms with Gasteiger partial charge in [-0.2, -0.15) is 0 Å². The molecule has 0 spiro atoms. The van der Waals surface area contributed by atoms with Crippen molar-refractivity contribution in [3.05, 3.63) is 47.0 Å². The van der Waals surface area contributed by atoms with E-state index in [-0.39, 0.29) is 52.7 Å². The molecule has 2 aromatic rings. The fourth-order valence-corrected chi connectivity index (χ4v) is 8.04. The molecular formula is C43H67ClO11. The third-order valence-corrected chi connectivity index (χ3v) is 11.3. The summed E-state index contributed by atoms with van der Waals surface area (Å²) in [5.74, 6) is -1.18. The van der Waals surface area contributed by atoms with Gasteiger partial charge in [-0.25, -0.2) is 0 Å². The van der Waals surface area contributed by atoms with Crippen LogP contribution in [0.25, 0.3) is 0 Å². The number of ether oxygens (including phenoxy) is 3. The molecule has 55 heavy (non-hydrogen) atoms. The van der Waals surface area contributed by atoms with Gasteiger partial charge in [0.1, 0.15) is 47.4 Å². The summed E-state index contributed by atoms with van der Waals surface area (Å²) in [4.78, 5) is 12.0. The van der Waals surface area contributed by atoms with E-state index in [0.29, 0.717) is 29.5 Å². The molecule has 1 aliphatic heterocycles. The highest BCUT2D eigenvalue weighted by molar-refractivity contribution is 6.20. The normalized spacial score (nSPS) is 22.1. The number of rotatable bonds is 24. The second-order valence-corrected chi connectivity index (χ2v) is 16.3. The van der Waals surface area contributed by atoms with Crippen LogP contribution in [-0.4, -0.2) is 78.3 Å². The van der Waals surface area contributed by atoms with E-state index in [2.05, 4.69) is 13.8 Å². The number of phenolic OH excluding ortho intramolecular Hbond substituents is 4. The lowest BCUT2D eigenvalue weighted by atomic mass is 9.84. The van der Waals surface area contributed by atoms with Crippen LogP contribution < -0.4 is 0 Å². The lowest BCUT2D eigenvalue weighted by molar-refractivity contribution is -0.288. The number of alkyl halides is 1. The van der Waals surface area contributed by atoms with Gasteiger partial charge in [0.05, 0.1) is 12.7 Å². The van der Waals surface area contributed by atoms with E-state index in [1.54, 1.807) is 12.1 Å². The van der Waals surface area contributed by atoms with Crippen LogP contribution in [0, 0.1) is 11.8 Å². The average molecular weight is 795 g/mol. The van der Waals surface area contributed by atoms with Crippen molar-refractivity contribution in [2.24, 2.45) is 11.8 Å². The fourth-order valence-electron chi connectivity index (χ4n) is 7.73. The largest absolute Gasteiger partial charge is 0.508 e. The molecule has 0 aromatic heterocycles. The number of carbonyl (C=O) groups excluding carboxylic acids is 1. The monoisotopic (exact) mass is 794 g/mol. The van der Waals surface area contributed by atoms with Gasteiger partial charge in [0.2, 0.25) is 0 Å². The molecule has 1 fully saturated rings.